The molecule has 1 N–H and O–H groups in total. The summed E-state index contributed by atoms with van der Waals surface area (Å²) < 4.78 is 13.0. The van der Waals surface area contributed by atoms with E-state index in [1.807, 2.05) is 12.1 Å². The van der Waals surface area contributed by atoms with Crippen LogP contribution in [0.3, 0.4) is 0 Å². The maximum Gasteiger partial charge on any atom is 0.169 e. The second-order valence-electron chi connectivity index (χ2n) is 5.88. The minimum atomic E-state index is -0.181. The third-order valence-electron chi connectivity index (χ3n) is 4.44. The highest BCUT2D eigenvalue weighted by Crippen LogP contribution is 2.19. The van der Waals surface area contributed by atoms with Crippen LogP contribution in [0, 0.1) is 5.82 Å². The Labute approximate surface area is 131 Å². The van der Waals surface area contributed by atoms with E-state index in [0.29, 0.717) is 6.04 Å². The lowest BCUT2D eigenvalue weighted by molar-refractivity contribution is 0.374. The first kappa shape index (κ1) is 14.6. The molecule has 0 radical (unpaired) electrons. The highest BCUT2D eigenvalue weighted by molar-refractivity contribution is 7.80. The summed E-state index contributed by atoms with van der Waals surface area (Å²) in [5.74, 6) is -0.181. The Morgan fingerprint density at radius 2 is 1.67 bits per heavy atom. The zero-order valence-corrected chi connectivity index (χ0v) is 13.0. The Morgan fingerprint density at radius 1 is 1.05 bits per heavy atom. The van der Waals surface area contributed by atoms with Gasteiger partial charge in [-0.05, 0) is 49.3 Å². The molecule has 0 spiro atoms. The molecule has 2 fully saturated rings. The second-order valence-corrected chi connectivity index (χ2v) is 6.27. The summed E-state index contributed by atoms with van der Waals surface area (Å²) in [7, 11) is 0. The number of anilines is 1. The molecule has 114 valence electrons. The molecule has 1 aliphatic carbocycles. The number of thiocarbonyl (C=S) groups is 1. The minimum Gasteiger partial charge on any atom is -0.368 e. The van der Waals surface area contributed by atoms with Crippen LogP contribution in [-0.4, -0.2) is 42.2 Å². The van der Waals surface area contributed by atoms with Crippen molar-refractivity contribution in [1.29, 1.82) is 0 Å². The number of halogens is 1. The van der Waals surface area contributed by atoms with E-state index >= 15 is 0 Å². The van der Waals surface area contributed by atoms with E-state index in [2.05, 4.69) is 15.1 Å². The van der Waals surface area contributed by atoms with E-state index in [4.69, 9.17) is 12.2 Å². The van der Waals surface area contributed by atoms with Gasteiger partial charge in [0.05, 0.1) is 0 Å². The molecule has 1 saturated heterocycles. The summed E-state index contributed by atoms with van der Waals surface area (Å²) >= 11 is 5.53. The number of hydrogen-bond donors (Lipinski definition) is 1. The highest BCUT2D eigenvalue weighted by atomic mass is 32.1. The van der Waals surface area contributed by atoms with E-state index in [1.165, 1.54) is 37.8 Å². The van der Waals surface area contributed by atoms with Crippen LogP contribution >= 0.6 is 12.2 Å². The molecular formula is C16H22FN3S. The largest absolute Gasteiger partial charge is 0.368 e. The van der Waals surface area contributed by atoms with E-state index in [-0.39, 0.29) is 5.82 Å². The normalized spacial score (nSPS) is 19.9. The average molecular weight is 307 g/mol. The smallest absolute Gasteiger partial charge is 0.169 e. The van der Waals surface area contributed by atoms with Crippen molar-refractivity contribution >= 4 is 23.0 Å². The van der Waals surface area contributed by atoms with Crippen molar-refractivity contribution in [3.05, 3.63) is 30.1 Å². The molecule has 1 aliphatic heterocycles. The van der Waals surface area contributed by atoms with Gasteiger partial charge in [-0.25, -0.2) is 4.39 Å². The van der Waals surface area contributed by atoms with Gasteiger partial charge < -0.3 is 15.1 Å². The van der Waals surface area contributed by atoms with Crippen LogP contribution in [0.1, 0.15) is 25.7 Å². The van der Waals surface area contributed by atoms with Crippen LogP contribution in [0.2, 0.25) is 0 Å². The first-order chi connectivity index (χ1) is 10.2. The fourth-order valence-electron chi connectivity index (χ4n) is 3.16. The number of rotatable bonds is 2. The molecule has 0 unspecified atom stereocenters. The molecule has 0 bridgehead atoms. The van der Waals surface area contributed by atoms with Crippen molar-refractivity contribution in [3.63, 3.8) is 0 Å². The third-order valence-corrected chi connectivity index (χ3v) is 4.82. The molecule has 1 heterocycles. The Bertz CT molecular complexity index is 477. The predicted molar refractivity (Wildman–Crippen MR) is 88.2 cm³/mol. The van der Waals surface area contributed by atoms with Crippen LogP contribution in [-0.2, 0) is 0 Å². The van der Waals surface area contributed by atoms with Crippen molar-refractivity contribution in [3.8, 4) is 0 Å². The Balaban J connectivity index is 1.50. The van der Waals surface area contributed by atoms with Crippen LogP contribution in [0.4, 0.5) is 10.1 Å². The number of benzene rings is 1. The summed E-state index contributed by atoms with van der Waals surface area (Å²) in [5.41, 5.74) is 1.09. The van der Waals surface area contributed by atoms with Gasteiger partial charge in [0.2, 0.25) is 0 Å². The molecule has 3 nitrogen and oxygen atoms in total. The molecule has 1 saturated carbocycles. The van der Waals surface area contributed by atoms with Crippen molar-refractivity contribution in [2.24, 2.45) is 0 Å². The monoisotopic (exact) mass is 307 g/mol. The molecule has 0 atom stereocenters. The summed E-state index contributed by atoms with van der Waals surface area (Å²) in [5, 5.41) is 4.40. The maximum absolute atomic E-state index is 13.0. The molecule has 0 amide bonds. The zero-order chi connectivity index (χ0) is 14.7. The van der Waals surface area contributed by atoms with Crippen molar-refractivity contribution in [2.75, 3.05) is 31.1 Å². The van der Waals surface area contributed by atoms with Gasteiger partial charge in [0, 0.05) is 37.9 Å². The molecule has 0 aromatic heterocycles. The standard InChI is InChI=1S/C16H22FN3S/c17-13-5-7-15(8-6-13)19-9-11-20(12-10-19)16(21)18-14-3-1-2-4-14/h5-8,14H,1-4,9-12H2,(H,18,21). The van der Waals surface area contributed by atoms with Gasteiger partial charge in [-0.3, -0.25) is 0 Å². The van der Waals surface area contributed by atoms with Gasteiger partial charge in [0.1, 0.15) is 5.82 Å². The third kappa shape index (κ3) is 3.64. The van der Waals surface area contributed by atoms with Gasteiger partial charge in [0.15, 0.2) is 5.11 Å². The second kappa shape index (κ2) is 6.60. The quantitative estimate of drug-likeness (QED) is 0.847. The average Bonchev–Trinajstić information content (AvgIpc) is 3.01. The van der Waals surface area contributed by atoms with Crippen molar-refractivity contribution in [2.45, 2.75) is 31.7 Å². The summed E-state index contributed by atoms with van der Waals surface area (Å²) in [4.78, 5) is 4.54. The molecule has 1 aromatic rings. The van der Waals surface area contributed by atoms with E-state index in [1.54, 1.807) is 0 Å². The fraction of sp³-hybridized carbons (Fsp3) is 0.562. The number of hydrogen-bond acceptors (Lipinski definition) is 2. The summed E-state index contributed by atoms with van der Waals surface area (Å²) in [6, 6.07) is 7.31. The van der Waals surface area contributed by atoms with Crippen LogP contribution in [0.25, 0.3) is 0 Å². The molecule has 5 heteroatoms. The van der Waals surface area contributed by atoms with Crippen molar-refractivity contribution < 1.29 is 4.39 Å². The van der Waals surface area contributed by atoms with Crippen LogP contribution < -0.4 is 10.2 Å². The van der Waals surface area contributed by atoms with Crippen LogP contribution in [0.5, 0.6) is 0 Å². The Kier molecular flexibility index (Phi) is 4.58. The number of nitrogens with one attached hydrogen (secondary N) is 1. The molecule has 3 rings (SSSR count). The fourth-order valence-corrected chi connectivity index (χ4v) is 3.50. The highest BCUT2D eigenvalue weighted by Gasteiger charge is 2.22. The maximum atomic E-state index is 13.0. The first-order valence-electron chi connectivity index (χ1n) is 7.78. The summed E-state index contributed by atoms with van der Waals surface area (Å²) in [6.45, 7) is 3.71. The van der Waals surface area contributed by atoms with Crippen molar-refractivity contribution in [1.82, 2.24) is 10.2 Å². The van der Waals surface area contributed by atoms with E-state index in [0.717, 1.165) is 37.0 Å². The lowest BCUT2D eigenvalue weighted by atomic mass is 10.2. The van der Waals surface area contributed by atoms with Gasteiger partial charge in [-0.15, -0.1) is 0 Å². The van der Waals surface area contributed by atoms with Gasteiger partial charge in [-0.1, -0.05) is 12.8 Å². The summed E-state index contributed by atoms with van der Waals surface area (Å²) in [6.07, 6.45) is 5.13. The lowest BCUT2D eigenvalue weighted by Crippen LogP contribution is -2.53. The van der Waals surface area contributed by atoms with Gasteiger partial charge >= 0.3 is 0 Å². The number of piperazine rings is 1. The molecule has 21 heavy (non-hydrogen) atoms. The SMILES string of the molecule is Fc1ccc(N2CCN(C(=S)NC3CCCC3)CC2)cc1. The predicted octanol–water partition coefficient (Wildman–Crippen LogP) is 2.76. The van der Waals surface area contributed by atoms with Gasteiger partial charge in [-0.2, -0.15) is 0 Å². The van der Waals surface area contributed by atoms with Crippen LogP contribution in [0.15, 0.2) is 24.3 Å². The molecule has 1 aromatic carbocycles. The topological polar surface area (TPSA) is 18.5 Å². The zero-order valence-electron chi connectivity index (χ0n) is 12.2. The Morgan fingerprint density at radius 3 is 2.29 bits per heavy atom. The Hall–Kier alpha value is -1.36. The lowest BCUT2D eigenvalue weighted by Gasteiger charge is -2.38. The van der Waals surface area contributed by atoms with Gasteiger partial charge in [0.25, 0.3) is 0 Å². The van der Waals surface area contributed by atoms with E-state index in [9.17, 15) is 4.39 Å². The molecule has 2 aliphatic rings. The van der Waals surface area contributed by atoms with E-state index < -0.39 is 0 Å². The minimum absolute atomic E-state index is 0.181. The first-order valence-corrected chi connectivity index (χ1v) is 8.19. The number of nitrogens with zero attached hydrogens (tertiary/aromatic N) is 2. The molecular weight excluding hydrogens is 285 g/mol.